The lowest BCUT2D eigenvalue weighted by molar-refractivity contribution is 0.418. The second kappa shape index (κ2) is 6.18. The Morgan fingerprint density at radius 2 is 2.25 bits per heavy atom. The van der Waals surface area contributed by atoms with Gasteiger partial charge in [0, 0.05) is 26.5 Å². The van der Waals surface area contributed by atoms with Crippen molar-refractivity contribution in [2.75, 3.05) is 0 Å². The number of halogens is 2. The van der Waals surface area contributed by atoms with Gasteiger partial charge in [-0.15, -0.1) is 11.3 Å². The van der Waals surface area contributed by atoms with Crippen molar-refractivity contribution in [2.24, 2.45) is 0 Å². The number of fused-ring (bicyclic) bond motifs is 1. The highest BCUT2D eigenvalue weighted by molar-refractivity contribution is 9.10. The van der Waals surface area contributed by atoms with E-state index in [4.69, 9.17) is 11.6 Å². The fourth-order valence-electron chi connectivity index (χ4n) is 2.90. The number of hydrogen-bond donors (Lipinski definition) is 1. The van der Waals surface area contributed by atoms with E-state index in [1.54, 1.807) is 4.88 Å². The lowest BCUT2D eigenvalue weighted by atomic mass is 9.93. The molecule has 0 saturated carbocycles. The molecule has 1 aliphatic rings. The van der Waals surface area contributed by atoms with Crippen molar-refractivity contribution >= 4 is 38.9 Å². The molecule has 0 bridgehead atoms. The fourth-order valence-corrected chi connectivity index (χ4v) is 4.73. The van der Waals surface area contributed by atoms with Gasteiger partial charge in [-0.1, -0.05) is 33.6 Å². The van der Waals surface area contributed by atoms with Crippen molar-refractivity contribution in [3.63, 3.8) is 0 Å². The maximum atomic E-state index is 6.35. The van der Waals surface area contributed by atoms with Crippen molar-refractivity contribution < 1.29 is 0 Å². The van der Waals surface area contributed by atoms with Gasteiger partial charge in [0.15, 0.2) is 0 Å². The normalized spacial score (nSPS) is 19.6. The van der Waals surface area contributed by atoms with Crippen LogP contribution in [0.15, 0.2) is 34.1 Å². The number of hydrogen-bond acceptors (Lipinski definition) is 2. The lowest BCUT2D eigenvalue weighted by Crippen LogP contribution is -2.27. The summed E-state index contributed by atoms with van der Waals surface area (Å²) in [6.07, 6.45) is 3.72. The summed E-state index contributed by atoms with van der Waals surface area (Å²) < 4.78 is 1.02. The predicted molar refractivity (Wildman–Crippen MR) is 90.7 cm³/mol. The first kappa shape index (κ1) is 14.6. The highest BCUT2D eigenvalue weighted by Gasteiger charge is 2.23. The molecule has 1 nitrogen and oxygen atoms in total. The smallest absolute Gasteiger partial charge is 0.0464 e. The van der Waals surface area contributed by atoms with Crippen molar-refractivity contribution in [2.45, 2.75) is 38.3 Å². The van der Waals surface area contributed by atoms with E-state index in [-0.39, 0.29) is 6.04 Å². The minimum atomic E-state index is 0.256. The summed E-state index contributed by atoms with van der Waals surface area (Å²) in [6, 6.07) is 9.10. The standard InChI is InChI=1S/C16H17BrClNS/c1-10(12-6-5-11(17)9-14(12)18)19-15-3-2-4-16-13(15)7-8-20-16/h5-10,15,19H,2-4H2,1H3. The van der Waals surface area contributed by atoms with Gasteiger partial charge in [-0.05, 0) is 60.9 Å². The highest BCUT2D eigenvalue weighted by Crippen LogP contribution is 2.35. The van der Waals surface area contributed by atoms with E-state index in [9.17, 15) is 0 Å². The van der Waals surface area contributed by atoms with E-state index >= 15 is 0 Å². The van der Waals surface area contributed by atoms with E-state index in [0.29, 0.717) is 6.04 Å². The van der Waals surface area contributed by atoms with Crippen LogP contribution in [-0.2, 0) is 6.42 Å². The molecule has 0 spiro atoms. The van der Waals surface area contributed by atoms with Gasteiger partial charge in [-0.2, -0.15) is 0 Å². The van der Waals surface area contributed by atoms with Crippen LogP contribution in [0.25, 0.3) is 0 Å². The lowest BCUT2D eigenvalue weighted by Gasteiger charge is -2.28. The highest BCUT2D eigenvalue weighted by atomic mass is 79.9. The molecule has 0 aliphatic heterocycles. The van der Waals surface area contributed by atoms with Gasteiger partial charge in [0.05, 0.1) is 0 Å². The van der Waals surface area contributed by atoms with Gasteiger partial charge < -0.3 is 5.32 Å². The van der Waals surface area contributed by atoms with Crippen molar-refractivity contribution in [3.05, 3.63) is 55.1 Å². The van der Waals surface area contributed by atoms with Gasteiger partial charge in [0.1, 0.15) is 0 Å². The fraction of sp³-hybridized carbons (Fsp3) is 0.375. The van der Waals surface area contributed by atoms with Gasteiger partial charge in [0.2, 0.25) is 0 Å². The van der Waals surface area contributed by atoms with Crippen LogP contribution < -0.4 is 5.32 Å². The largest absolute Gasteiger partial charge is 0.303 e. The first-order chi connectivity index (χ1) is 9.65. The zero-order chi connectivity index (χ0) is 14.1. The topological polar surface area (TPSA) is 12.0 Å². The summed E-state index contributed by atoms with van der Waals surface area (Å²) >= 11 is 11.7. The molecular weight excluding hydrogens is 354 g/mol. The zero-order valence-corrected chi connectivity index (χ0v) is 14.5. The zero-order valence-electron chi connectivity index (χ0n) is 11.3. The third kappa shape index (κ3) is 2.96. The van der Waals surface area contributed by atoms with E-state index in [2.05, 4.69) is 51.7 Å². The Hall–Kier alpha value is -0.350. The Morgan fingerprint density at radius 3 is 3.05 bits per heavy atom. The van der Waals surface area contributed by atoms with Crippen molar-refractivity contribution in [3.8, 4) is 0 Å². The number of benzene rings is 1. The Morgan fingerprint density at radius 1 is 1.40 bits per heavy atom. The van der Waals surface area contributed by atoms with E-state index in [1.807, 2.05) is 17.4 Å². The van der Waals surface area contributed by atoms with Crippen LogP contribution >= 0.6 is 38.9 Å². The molecule has 2 atom stereocenters. The summed E-state index contributed by atoms with van der Waals surface area (Å²) in [6.45, 7) is 2.19. The Labute approximate surface area is 137 Å². The molecule has 0 amide bonds. The molecule has 2 aromatic rings. The van der Waals surface area contributed by atoms with Crippen LogP contribution in [0.1, 0.15) is 47.9 Å². The number of thiophene rings is 1. The van der Waals surface area contributed by atoms with Gasteiger partial charge in [-0.3, -0.25) is 0 Å². The Kier molecular flexibility index (Phi) is 4.51. The second-order valence-electron chi connectivity index (χ2n) is 5.30. The Balaban J connectivity index is 1.79. The average Bonchev–Trinajstić information content (AvgIpc) is 2.87. The van der Waals surface area contributed by atoms with Crippen LogP contribution in [0, 0.1) is 0 Å². The molecule has 0 saturated heterocycles. The number of rotatable bonds is 3. The summed E-state index contributed by atoms with van der Waals surface area (Å²) in [7, 11) is 0. The first-order valence-corrected chi connectivity index (χ1v) is 8.97. The van der Waals surface area contributed by atoms with Crippen LogP contribution in [-0.4, -0.2) is 0 Å². The molecule has 1 heterocycles. The van der Waals surface area contributed by atoms with Crippen LogP contribution in [0.5, 0.6) is 0 Å². The molecular formula is C16H17BrClNS. The molecule has 1 aliphatic carbocycles. The van der Waals surface area contributed by atoms with Gasteiger partial charge in [-0.25, -0.2) is 0 Å². The molecule has 1 aromatic carbocycles. The third-order valence-corrected chi connectivity index (χ3v) is 5.75. The maximum Gasteiger partial charge on any atom is 0.0464 e. The van der Waals surface area contributed by atoms with Crippen molar-refractivity contribution in [1.82, 2.24) is 5.32 Å². The molecule has 0 radical (unpaired) electrons. The molecule has 2 unspecified atom stereocenters. The minimum Gasteiger partial charge on any atom is -0.303 e. The predicted octanol–water partition coefficient (Wildman–Crippen LogP) is 5.89. The van der Waals surface area contributed by atoms with E-state index in [0.717, 1.165) is 15.1 Å². The monoisotopic (exact) mass is 369 g/mol. The molecule has 0 fully saturated rings. The van der Waals surface area contributed by atoms with Gasteiger partial charge >= 0.3 is 0 Å². The molecule has 106 valence electrons. The van der Waals surface area contributed by atoms with Crippen LogP contribution in [0.4, 0.5) is 0 Å². The molecule has 4 heteroatoms. The van der Waals surface area contributed by atoms with E-state index in [1.165, 1.54) is 24.8 Å². The molecule has 3 rings (SSSR count). The quantitative estimate of drug-likeness (QED) is 0.710. The second-order valence-corrected chi connectivity index (χ2v) is 7.62. The van der Waals surface area contributed by atoms with Crippen LogP contribution in [0.2, 0.25) is 5.02 Å². The third-order valence-electron chi connectivity index (χ3n) is 3.93. The number of nitrogens with one attached hydrogen (secondary N) is 1. The summed E-state index contributed by atoms with van der Waals surface area (Å²) in [5.74, 6) is 0. The minimum absolute atomic E-state index is 0.256. The van der Waals surface area contributed by atoms with Gasteiger partial charge in [0.25, 0.3) is 0 Å². The summed E-state index contributed by atoms with van der Waals surface area (Å²) in [5, 5.41) is 6.77. The van der Waals surface area contributed by atoms with E-state index < -0.39 is 0 Å². The first-order valence-electron chi connectivity index (χ1n) is 6.92. The molecule has 20 heavy (non-hydrogen) atoms. The maximum absolute atomic E-state index is 6.35. The Bertz CT molecular complexity index is 610. The van der Waals surface area contributed by atoms with Crippen molar-refractivity contribution in [1.29, 1.82) is 0 Å². The SMILES string of the molecule is CC(NC1CCCc2sccc21)c1ccc(Br)cc1Cl. The summed E-state index contributed by atoms with van der Waals surface area (Å²) in [5.41, 5.74) is 2.65. The average molecular weight is 371 g/mol. The van der Waals surface area contributed by atoms with Crippen LogP contribution in [0.3, 0.4) is 0 Å². The summed E-state index contributed by atoms with van der Waals surface area (Å²) in [4.78, 5) is 1.54. The number of aryl methyl sites for hydroxylation is 1. The molecule has 1 N–H and O–H groups in total. The molecule has 1 aromatic heterocycles.